The second kappa shape index (κ2) is 9.11. The number of aromatic nitrogens is 2. The third-order valence-corrected chi connectivity index (χ3v) is 7.39. The SMILES string of the molecule is CC(C)(CO)Nc1ccc(C(=O)Nc2cccc(N3CCCC3=O)n2)c(N2CCC3(CC2)CC3)n1. The van der Waals surface area contributed by atoms with Gasteiger partial charge in [-0.3, -0.25) is 14.5 Å². The van der Waals surface area contributed by atoms with E-state index in [1.54, 1.807) is 35.2 Å². The van der Waals surface area contributed by atoms with Crippen LogP contribution in [-0.4, -0.2) is 58.7 Å². The Kier molecular flexibility index (Phi) is 6.13. The van der Waals surface area contributed by atoms with Crippen molar-refractivity contribution in [3.05, 3.63) is 35.9 Å². The van der Waals surface area contributed by atoms with Crippen molar-refractivity contribution < 1.29 is 14.7 Å². The fourth-order valence-corrected chi connectivity index (χ4v) is 4.91. The third kappa shape index (κ3) is 5.10. The van der Waals surface area contributed by atoms with Crippen molar-refractivity contribution in [3.63, 3.8) is 0 Å². The fourth-order valence-electron chi connectivity index (χ4n) is 4.91. The zero-order valence-corrected chi connectivity index (χ0v) is 20.5. The lowest BCUT2D eigenvalue weighted by Gasteiger charge is -2.34. The molecule has 1 spiro atoms. The zero-order chi connectivity index (χ0) is 24.6. The summed E-state index contributed by atoms with van der Waals surface area (Å²) in [5.74, 6) is 1.99. The van der Waals surface area contributed by atoms with Crippen LogP contribution in [-0.2, 0) is 4.79 Å². The van der Waals surface area contributed by atoms with Crippen LogP contribution in [0.4, 0.5) is 23.3 Å². The molecule has 0 bridgehead atoms. The summed E-state index contributed by atoms with van der Waals surface area (Å²) < 4.78 is 0. The van der Waals surface area contributed by atoms with Gasteiger partial charge in [0.25, 0.3) is 5.91 Å². The number of carbonyl (C=O) groups is 2. The highest BCUT2D eigenvalue weighted by molar-refractivity contribution is 6.07. The highest BCUT2D eigenvalue weighted by Gasteiger charge is 2.45. The van der Waals surface area contributed by atoms with Crippen molar-refractivity contribution in [2.24, 2.45) is 5.41 Å². The zero-order valence-electron chi connectivity index (χ0n) is 20.5. The van der Waals surface area contributed by atoms with Crippen LogP contribution in [0, 0.1) is 5.41 Å². The average molecular weight is 479 g/mol. The Morgan fingerprint density at radius 1 is 1.06 bits per heavy atom. The van der Waals surface area contributed by atoms with Crippen LogP contribution in [0.5, 0.6) is 0 Å². The summed E-state index contributed by atoms with van der Waals surface area (Å²) in [7, 11) is 0. The summed E-state index contributed by atoms with van der Waals surface area (Å²) in [6, 6.07) is 8.87. The Morgan fingerprint density at radius 3 is 2.49 bits per heavy atom. The maximum absolute atomic E-state index is 13.4. The molecule has 0 aromatic carbocycles. The first-order chi connectivity index (χ1) is 16.8. The summed E-state index contributed by atoms with van der Waals surface area (Å²) in [6.45, 7) is 6.13. The van der Waals surface area contributed by atoms with Gasteiger partial charge in [-0.05, 0) is 75.6 Å². The number of piperidine rings is 1. The highest BCUT2D eigenvalue weighted by atomic mass is 16.3. The van der Waals surface area contributed by atoms with Gasteiger partial charge in [0.2, 0.25) is 5.91 Å². The number of pyridine rings is 2. The first-order valence-corrected chi connectivity index (χ1v) is 12.5. The maximum Gasteiger partial charge on any atom is 0.260 e. The summed E-state index contributed by atoms with van der Waals surface area (Å²) in [5.41, 5.74) is 0.449. The summed E-state index contributed by atoms with van der Waals surface area (Å²) in [4.78, 5) is 38.7. The molecule has 2 aromatic heterocycles. The van der Waals surface area contributed by atoms with E-state index in [0.717, 1.165) is 32.4 Å². The second-order valence-corrected chi connectivity index (χ2v) is 10.7. The second-order valence-electron chi connectivity index (χ2n) is 10.7. The maximum atomic E-state index is 13.4. The van der Waals surface area contributed by atoms with Gasteiger partial charge in [0.05, 0.1) is 17.7 Å². The Morgan fingerprint density at radius 2 is 1.83 bits per heavy atom. The van der Waals surface area contributed by atoms with Gasteiger partial charge in [0.1, 0.15) is 23.3 Å². The number of rotatable bonds is 7. The van der Waals surface area contributed by atoms with Crippen LogP contribution in [0.2, 0.25) is 0 Å². The van der Waals surface area contributed by atoms with E-state index < -0.39 is 5.54 Å². The van der Waals surface area contributed by atoms with E-state index in [4.69, 9.17) is 4.98 Å². The lowest BCUT2D eigenvalue weighted by molar-refractivity contribution is -0.117. The molecule has 9 nitrogen and oxygen atoms in total. The van der Waals surface area contributed by atoms with E-state index >= 15 is 0 Å². The first-order valence-electron chi connectivity index (χ1n) is 12.5. The number of aliphatic hydroxyl groups is 1. The molecule has 1 saturated carbocycles. The van der Waals surface area contributed by atoms with Crippen LogP contribution < -0.4 is 20.4 Å². The average Bonchev–Trinajstić information content (AvgIpc) is 3.46. The predicted octanol–water partition coefficient (Wildman–Crippen LogP) is 3.42. The third-order valence-electron chi connectivity index (χ3n) is 7.39. The van der Waals surface area contributed by atoms with Gasteiger partial charge >= 0.3 is 0 Å². The van der Waals surface area contributed by atoms with E-state index in [9.17, 15) is 14.7 Å². The van der Waals surface area contributed by atoms with Crippen LogP contribution in [0.1, 0.15) is 62.7 Å². The number of hydrogen-bond donors (Lipinski definition) is 3. The van der Waals surface area contributed by atoms with Gasteiger partial charge in [-0.25, -0.2) is 9.97 Å². The summed E-state index contributed by atoms with van der Waals surface area (Å²) in [5, 5.41) is 15.8. The number of nitrogens with zero attached hydrogens (tertiary/aromatic N) is 4. The van der Waals surface area contributed by atoms with Gasteiger partial charge in [-0.15, -0.1) is 0 Å². The Bertz CT molecular complexity index is 1120. The monoisotopic (exact) mass is 478 g/mol. The van der Waals surface area contributed by atoms with Crippen molar-refractivity contribution in [3.8, 4) is 0 Å². The molecule has 0 radical (unpaired) electrons. The van der Waals surface area contributed by atoms with Gasteiger partial charge < -0.3 is 20.6 Å². The number of nitrogens with one attached hydrogen (secondary N) is 2. The van der Waals surface area contributed by atoms with Crippen LogP contribution in [0.3, 0.4) is 0 Å². The summed E-state index contributed by atoms with van der Waals surface area (Å²) in [6.07, 6.45) is 6.17. The predicted molar refractivity (Wildman–Crippen MR) is 136 cm³/mol. The Labute approximate surface area is 205 Å². The summed E-state index contributed by atoms with van der Waals surface area (Å²) >= 11 is 0. The molecular weight excluding hydrogens is 444 g/mol. The number of hydrogen-bond acceptors (Lipinski definition) is 7. The van der Waals surface area contributed by atoms with E-state index in [0.29, 0.717) is 47.2 Å². The molecule has 5 rings (SSSR count). The standard InChI is InChI=1S/C26H34N6O3/c1-25(2,17-33)30-20-9-8-18(23(28-20)31-15-12-26(10-11-26)13-16-31)24(35)29-19-5-3-6-21(27-19)32-14-4-7-22(32)34/h3,5-6,8-9,33H,4,7,10-17H2,1-2H3,(H,28,30)(H,27,29,35). The molecule has 3 fully saturated rings. The number of anilines is 4. The molecule has 2 aliphatic heterocycles. The fraction of sp³-hybridized carbons (Fsp3) is 0.538. The molecule has 0 unspecified atom stereocenters. The normalized spacial score (nSPS) is 19.2. The molecular formula is C26H34N6O3. The minimum absolute atomic E-state index is 0.0417. The van der Waals surface area contributed by atoms with E-state index in [1.165, 1.54) is 12.8 Å². The van der Waals surface area contributed by atoms with Crippen LogP contribution >= 0.6 is 0 Å². The number of amides is 2. The van der Waals surface area contributed by atoms with Crippen molar-refractivity contribution in [1.82, 2.24) is 9.97 Å². The van der Waals surface area contributed by atoms with Gasteiger partial charge in [0.15, 0.2) is 0 Å². The minimum atomic E-state index is -0.536. The molecule has 4 heterocycles. The van der Waals surface area contributed by atoms with Gasteiger partial charge in [-0.2, -0.15) is 0 Å². The van der Waals surface area contributed by atoms with Crippen LogP contribution in [0.15, 0.2) is 30.3 Å². The topological polar surface area (TPSA) is 111 Å². The lowest BCUT2D eigenvalue weighted by atomic mass is 9.93. The highest BCUT2D eigenvalue weighted by Crippen LogP contribution is 2.54. The molecule has 9 heteroatoms. The molecule has 2 saturated heterocycles. The molecule has 1 aliphatic carbocycles. The smallest absolute Gasteiger partial charge is 0.260 e. The minimum Gasteiger partial charge on any atom is -0.394 e. The molecule has 35 heavy (non-hydrogen) atoms. The molecule has 3 N–H and O–H groups in total. The van der Waals surface area contributed by atoms with Crippen molar-refractivity contribution >= 4 is 35.1 Å². The quantitative estimate of drug-likeness (QED) is 0.559. The van der Waals surface area contributed by atoms with E-state index in [-0.39, 0.29) is 18.4 Å². The van der Waals surface area contributed by atoms with Gasteiger partial charge in [-0.1, -0.05) is 6.07 Å². The molecule has 0 atom stereocenters. The molecule has 2 aromatic rings. The van der Waals surface area contributed by atoms with Crippen molar-refractivity contribution in [1.29, 1.82) is 0 Å². The molecule has 186 valence electrons. The number of aliphatic hydroxyl groups excluding tert-OH is 1. The molecule has 3 aliphatic rings. The largest absolute Gasteiger partial charge is 0.394 e. The Hall–Kier alpha value is -3.20. The Balaban J connectivity index is 1.39. The van der Waals surface area contributed by atoms with Crippen LogP contribution in [0.25, 0.3) is 0 Å². The van der Waals surface area contributed by atoms with E-state index in [1.807, 2.05) is 13.8 Å². The van der Waals surface area contributed by atoms with Crippen molar-refractivity contribution in [2.45, 2.75) is 57.9 Å². The van der Waals surface area contributed by atoms with Gasteiger partial charge in [0, 0.05) is 26.1 Å². The number of carbonyl (C=O) groups excluding carboxylic acids is 2. The first kappa shape index (κ1) is 23.5. The van der Waals surface area contributed by atoms with E-state index in [2.05, 4.69) is 20.5 Å². The van der Waals surface area contributed by atoms with Crippen molar-refractivity contribution in [2.75, 3.05) is 46.7 Å². The lowest BCUT2D eigenvalue weighted by Crippen LogP contribution is -2.38. The molecule has 2 amide bonds.